The van der Waals surface area contributed by atoms with E-state index in [4.69, 9.17) is 11.5 Å². The first kappa shape index (κ1) is 10.0. The van der Waals surface area contributed by atoms with Crippen LogP contribution in [0.5, 0.6) is 0 Å². The van der Waals surface area contributed by atoms with Crippen molar-refractivity contribution in [2.75, 3.05) is 24.1 Å². The van der Waals surface area contributed by atoms with Crippen molar-refractivity contribution < 1.29 is 4.79 Å². The number of hydrogen-bond donors (Lipinski definition) is 4. The van der Waals surface area contributed by atoms with Gasteiger partial charge >= 0.3 is 6.03 Å². The van der Waals surface area contributed by atoms with Crippen molar-refractivity contribution in [1.29, 1.82) is 0 Å². The number of aromatic nitrogens is 2. The highest BCUT2D eigenvalue weighted by Crippen LogP contribution is 2.10. The molecule has 0 spiro atoms. The van der Waals surface area contributed by atoms with Crippen molar-refractivity contribution >= 4 is 17.5 Å². The summed E-state index contributed by atoms with van der Waals surface area (Å²) in [6.45, 7) is 0.935. The van der Waals surface area contributed by atoms with Gasteiger partial charge in [0.2, 0.25) is 0 Å². The number of rotatable bonds is 4. The van der Waals surface area contributed by atoms with Crippen molar-refractivity contribution in [3.05, 3.63) is 12.5 Å². The molecule has 14 heavy (non-hydrogen) atoms. The van der Waals surface area contributed by atoms with Gasteiger partial charge in [0.1, 0.15) is 12.1 Å². The standard InChI is InChI=1S/C7H12N6O/c8-6-5(3-10-4-13-6)11-1-2-12-7(9)14/h3-4,11H,1-2H2,(H2,8,10,13)(H3,9,12,14). The van der Waals surface area contributed by atoms with E-state index in [0.717, 1.165) is 0 Å². The first-order valence-electron chi connectivity index (χ1n) is 4.03. The van der Waals surface area contributed by atoms with Gasteiger partial charge < -0.3 is 22.1 Å². The maximum atomic E-state index is 10.3. The highest BCUT2D eigenvalue weighted by atomic mass is 16.2. The van der Waals surface area contributed by atoms with E-state index in [1.54, 1.807) is 6.20 Å². The highest BCUT2D eigenvalue weighted by Gasteiger charge is 1.97. The zero-order chi connectivity index (χ0) is 10.4. The van der Waals surface area contributed by atoms with Gasteiger partial charge in [-0.2, -0.15) is 0 Å². The van der Waals surface area contributed by atoms with Crippen LogP contribution in [0.4, 0.5) is 16.3 Å². The number of carbonyl (C=O) groups is 1. The predicted molar refractivity (Wildman–Crippen MR) is 52.5 cm³/mol. The minimum atomic E-state index is -0.552. The first-order valence-corrected chi connectivity index (χ1v) is 4.03. The lowest BCUT2D eigenvalue weighted by molar-refractivity contribution is 0.249. The summed E-state index contributed by atoms with van der Waals surface area (Å²) in [5, 5.41) is 5.38. The molecule has 0 unspecified atom stereocenters. The third-order valence-corrected chi connectivity index (χ3v) is 1.48. The van der Waals surface area contributed by atoms with Crippen LogP contribution in [0.25, 0.3) is 0 Å². The third-order valence-electron chi connectivity index (χ3n) is 1.48. The van der Waals surface area contributed by atoms with Crippen LogP contribution in [0, 0.1) is 0 Å². The van der Waals surface area contributed by atoms with Gasteiger partial charge in [-0.15, -0.1) is 0 Å². The number of nitrogen functional groups attached to an aromatic ring is 1. The van der Waals surface area contributed by atoms with Crippen LogP contribution in [0.1, 0.15) is 0 Å². The van der Waals surface area contributed by atoms with Gasteiger partial charge in [-0.05, 0) is 0 Å². The van der Waals surface area contributed by atoms with E-state index in [1.165, 1.54) is 6.33 Å². The molecule has 1 rings (SSSR count). The van der Waals surface area contributed by atoms with Gasteiger partial charge in [-0.25, -0.2) is 14.8 Å². The molecule has 1 aromatic rings. The molecule has 0 saturated heterocycles. The molecule has 7 heteroatoms. The largest absolute Gasteiger partial charge is 0.382 e. The van der Waals surface area contributed by atoms with Gasteiger partial charge in [0.05, 0.1) is 11.9 Å². The Balaban J connectivity index is 2.31. The summed E-state index contributed by atoms with van der Waals surface area (Å²) in [6, 6.07) is -0.552. The molecule has 2 amide bonds. The lowest BCUT2D eigenvalue weighted by atomic mass is 10.4. The number of nitrogens with zero attached hydrogens (tertiary/aromatic N) is 2. The molecule has 0 saturated carbocycles. The Bertz CT molecular complexity index is 315. The number of primary amides is 1. The normalized spacial score (nSPS) is 9.43. The summed E-state index contributed by atoms with van der Waals surface area (Å²) < 4.78 is 0. The Hall–Kier alpha value is -2.05. The van der Waals surface area contributed by atoms with Crippen LogP contribution in [0.2, 0.25) is 0 Å². The van der Waals surface area contributed by atoms with Crippen molar-refractivity contribution in [2.45, 2.75) is 0 Å². The Labute approximate surface area is 80.9 Å². The summed E-state index contributed by atoms with van der Waals surface area (Å²) in [5.74, 6) is 0.374. The van der Waals surface area contributed by atoms with E-state index in [9.17, 15) is 4.79 Å². The second kappa shape index (κ2) is 4.85. The second-order valence-electron chi connectivity index (χ2n) is 2.54. The molecular weight excluding hydrogens is 184 g/mol. The fourth-order valence-corrected chi connectivity index (χ4v) is 0.858. The highest BCUT2D eigenvalue weighted by molar-refractivity contribution is 5.71. The van der Waals surface area contributed by atoms with Crippen LogP contribution in [0.3, 0.4) is 0 Å². The molecule has 0 bridgehead atoms. The molecule has 1 heterocycles. The van der Waals surface area contributed by atoms with Gasteiger partial charge in [-0.3, -0.25) is 0 Å². The summed E-state index contributed by atoms with van der Waals surface area (Å²) in [4.78, 5) is 17.9. The van der Waals surface area contributed by atoms with Crippen LogP contribution in [0.15, 0.2) is 12.5 Å². The van der Waals surface area contributed by atoms with E-state index in [0.29, 0.717) is 24.6 Å². The molecule has 6 N–H and O–H groups in total. The molecule has 0 fully saturated rings. The molecule has 0 aliphatic carbocycles. The average Bonchev–Trinajstić information content (AvgIpc) is 2.15. The first-order chi connectivity index (χ1) is 6.70. The van der Waals surface area contributed by atoms with E-state index in [2.05, 4.69) is 20.6 Å². The minimum absolute atomic E-state index is 0.374. The molecule has 76 valence electrons. The summed E-state index contributed by atoms with van der Waals surface area (Å²) in [5.41, 5.74) is 11.0. The zero-order valence-electron chi connectivity index (χ0n) is 7.53. The van der Waals surface area contributed by atoms with Crippen molar-refractivity contribution in [3.8, 4) is 0 Å². The Morgan fingerprint density at radius 3 is 2.93 bits per heavy atom. The Morgan fingerprint density at radius 1 is 1.50 bits per heavy atom. The number of carbonyl (C=O) groups excluding carboxylic acids is 1. The number of urea groups is 1. The van der Waals surface area contributed by atoms with Crippen molar-refractivity contribution in [1.82, 2.24) is 15.3 Å². The molecule has 1 aromatic heterocycles. The van der Waals surface area contributed by atoms with Crippen LogP contribution in [-0.2, 0) is 0 Å². The predicted octanol–water partition coefficient (Wildman–Crippen LogP) is -0.861. The summed E-state index contributed by atoms with van der Waals surface area (Å²) in [7, 11) is 0. The van der Waals surface area contributed by atoms with Gasteiger partial charge in [-0.1, -0.05) is 0 Å². The van der Waals surface area contributed by atoms with Crippen molar-refractivity contribution in [3.63, 3.8) is 0 Å². The maximum Gasteiger partial charge on any atom is 0.312 e. The number of anilines is 2. The van der Waals surface area contributed by atoms with Gasteiger partial charge in [0, 0.05) is 13.1 Å². The fraction of sp³-hybridized carbons (Fsp3) is 0.286. The van der Waals surface area contributed by atoms with E-state index in [-0.39, 0.29) is 0 Å². The number of hydrogen-bond acceptors (Lipinski definition) is 5. The zero-order valence-corrected chi connectivity index (χ0v) is 7.53. The molecule has 0 radical (unpaired) electrons. The Kier molecular flexibility index (Phi) is 3.48. The fourth-order valence-electron chi connectivity index (χ4n) is 0.858. The average molecular weight is 196 g/mol. The topological polar surface area (TPSA) is 119 Å². The molecule has 0 aromatic carbocycles. The van der Waals surface area contributed by atoms with E-state index in [1.807, 2.05) is 0 Å². The maximum absolute atomic E-state index is 10.3. The van der Waals surface area contributed by atoms with E-state index >= 15 is 0 Å². The second-order valence-corrected chi connectivity index (χ2v) is 2.54. The molecule has 0 atom stereocenters. The Morgan fingerprint density at radius 2 is 2.29 bits per heavy atom. The summed E-state index contributed by atoms with van der Waals surface area (Å²) >= 11 is 0. The monoisotopic (exact) mass is 196 g/mol. The van der Waals surface area contributed by atoms with E-state index < -0.39 is 6.03 Å². The quantitative estimate of drug-likeness (QED) is 0.467. The SMILES string of the molecule is NC(=O)NCCNc1cncnc1N. The van der Waals surface area contributed by atoms with Gasteiger partial charge in [0.15, 0.2) is 0 Å². The third kappa shape index (κ3) is 3.13. The number of amides is 2. The van der Waals surface area contributed by atoms with Crippen LogP contribution < -0.4 is 22.1 Å². The lowest BCUT2D eigenvalue weighted by Gasteiger charge is -2.07. The van der Waals surface area contributed by atoms with Crippen LogP contribution in [-0.4, -0.2) is 29.1 Å². The summed E-state index contributed by atoms with van der Waals surface area (Å²) in [6.07, 6.45) is 2.93. The van der Waals surface area contributed by atoms with Crippen LogP contribution >= 0.6 is 0 Å². The molecule has 0 aliphatic heterocycles. The minimum Gasteiger partial charge on any atom is -0.382 e. The number of nitrogens with two attached hydrogens (primary N) is 2. The molecule has 7 nitrogen and oxygen atoms in total. The molecular formula is C7H12N6O. The smallest absolute Gasteiger partial charge is 0.312 e. The number of nitrogens with one attached hydrogen (secondary N) is 2. The molecule has 0 aliphatic rings. The van der Waals surface area contributed by atoms with Crippen molar-refractivity contribution in [2.24, 2.45) is 5.73 Å². The van der Waals surface area contributed by atoms with Gasteiger partial charge in [0.25, 0.3) is 0 Å². The lowest BCUT2D eigenvalue weighted by Crippen LogP contribution is -2.33.